The van der Waals surface area contributed by atoms with Crippen molar-refractivity contribution in [3.63, 3.8) is 0 Å². The lowest BCUT2D eigenvalue weighted by Gasteiger charge is -2.23. The van der Waals surface area contributed by atoms with E-state index in [-0.39, 0.29) is 29.6 Å². The first-order valence-electron chi connectivity index (χ1n) is 9.43. The number of oxime groups is 1. The van der Waals surface area contributed by atoms with Gasteiger partial charge in [-0.15, -0.1) is 11.8 Å². The Morgan fingerprint density at radius 3 is 2.83 bits per heavy atom. The Hall–Kier alpha value is -1.86. The molecule has 4 nitrogen and oxygen atoms in total. The van der Waals surface area contributed by atoms with E-state index in [1.165, 1.54) is 23.4 Å². The predicted octanol–water partition coefficient (Wildman–Crippen LogP) is 6.16. The van der Waals surface area contributed by atoms with E-state index in [1.54, 1.807) is 6.08 Å². The lowest BCUT2D eigenvalue weighted by molar-refractivity contribution is -0.116. The van der Waals surface area contributed by atoms with Crippen molar-refractivity contribution in [1.29, 1.82) is 0 Å². The fourth-order valence-corrected chi connectivity index (χ4v) is 4.17. The number of benzene rings is 1. The van der Waals surface area contributed by atoms with E-state index in [9.17, 15) is 18.7 Å². The van der Waals surface area contributed by atoms with Crippen molar-refractivity contribution in [2.45, 2.75) is 43.9 Å². The number of nitrogens with zero attached hydrogens (tertiary/aromatic N) is 1. The normalized spacial score (nSPS) is 18.0. The Bertz CT molecular complexity index is 811. The Balaban J connectivity index is 1.97. The molecule has 1 aromatic rings. The van der Waals surface area contributed by atoms with Crippen molar-refractivity contribution in [2.24, 2.45) is 11.1 Å². The van der Waals surface area contributed by atoms with E-state index >= 15 is 0 Å². The number of thioether (sulfide) groups is 1. The van der Waals surface area contributed by atoms with E-state index in [1.807, 2.05) is 6.92 Å². The van der Waals surface area contributed by atoms with Gasteiger partial charge in [-0.1, -0.05) is 30.1 Å². The first-order valence-corrected chi connectivity index (χ1v) is 10.9. The highest BCUT2D eigenvalue weighted by molar-refractivity contribution is 7.99. The molecule has 8 heteroatoms. The second-order valence-electron chi connectivity index (χ2n) is 6.68. The van der Waals surface area contributed by atoms with Crippen LogP contribution in [0.15, 0.2) is 51.2 Å². The maximum Gasteiger partial charge on any atom is 0.168 e. The molecule has 0 aliphatic heterocycles. The fourth-order valence-electron chi connectivity index (χ4n) is 3.06. The number of carbonyl (C=O) groups is 1. The Morgan fingerprint density at radius 1 is 1.38 bits per heavy atom. The molecular formula is C21H24ClF2NO3S. The number of Topliss-reactive ketones (excluding diaryl/α,β-unsaturated/α-hetero) is 1. The van der Waals surface area contributed by atoms with Crippen LogP contribution in [0, 0.1) is 17.6 Å². The van der Waals surface area contributed by atoms with Gasteiger partial charge >= 0.3 is 0 Å². The van der Waals surface area contributed by atoms with Gasteiger partial charge in [0.2, 0.25) is 0 Å². The molecule has 1 atom stereocenters. The van der Waals surface area contributed by atoms with E-state index in [2.05, 4.69) is 5.16 Å². The number of hydrogen-bond acceptors (Lipinski definition) is 5. The SMILES string of the molecule is CCC/C(=N\OC/C=C/Cl)C1=C(O)CC(CCSc2ccc(F)c(F)c2)CC1=O. The summed E-state index contributed by atoms with van der Waals surface area (Å²) in [6.45, 7) is 2.14. The summed E-state index contributed by atoms with van der Waals surface area (Å²) in [4.78, 5) is 18.4. The third kappa shape index (κ3) is 7.16. The molecule has 0 aromatic heterocycles. The molecule has 0 heterocycles. The van der Waals surface area contributed by atoms with E-state index in [4.69, 9.17) is 16.4 Å². The maximum atomic E-state index is 13.3. The molecule has 1 N–H and O–H groups in total. The molecule has 0 amide bonds. The highest BCUT2D eigenvalue weighted by atomic mass is 35.5. The topological polar surface area (TPSA) is 58.9 Å². The molecule has 0 bridgehead atoms. The second-order valence-corrected chi connectivity index (χ2v) is 8.10. The molecule has 1 aliphatic rings. The van der Waals surface area contributed by atoms with Crippen LogP contribution in [-0.2, 0) is 9.63 Å². The summed E-state index contributed by atoms with van der Waals surface area (Å²) in [6.07, 6.45) is 4.21. The van der Waals surface area contributed by atoms with Gasteiger partial charge in [0.15, 0.2) is 17.4 Å². The summed E-state index contributed by atoms with van der Waals surface area (Å²) < 4.78 is 26.3. The molecule has 158 valence electrons. The van der Waals surface area contributed by atoms with Crippen LogP contribution in [0.1, 0.15) is 39.0 Å². The van der Waals surface area contributed by atoms with Gasteiger partial charge in [0.25, 0.3) is 0 Å². The number of allylic oxidation sites excluding steroid dienone is 2. The number of rotatable bonds is 10. The highest BCUT2D eigenvalue weighted by Crippen LogP contribution is 2.32. The number of aliphatic hydroxyl groups is 1. The van der Waals surface area contributed by atoms with Gasteiger partial charge in [-0.3, -0.25) is 4.79 Å². The van der Waals surface area contributed by atoms with Crippen LogP contribution < -0.4 is 0 Å². The zero-order valence-electron chi connectivity index (χ0n) is 16.2. The summed E-state index contributed by atoms with van der Waals surface area (Å²) >= 11 is 6.83. The predicted molar refractivity (Wildman–Crippen MR) is 112 cm³/mol. The number of ketones is 1. The average Bonchev–Trinajstić information content (AvgIpc) is 2.67. The molecule has 2 rings (SSSR count). The first kappa shape index (κ1) is 23.4. The van der Waals surface area contributed by atoms with Gasteiger partial charge in [-0.2, -0.15) is 0 Å². The average molecular weight is 444 g/mol. The van der Waals surface area contributed by atoms with Crippen LogP contribution in [0.25, 0.3) is 0 Å². The summed E-state index contributed by atoms with van der Waals surface area (Å²) in [5, 5.41) is 14.5. The van der Waals surface area contributed by atoms with Gasteiger partial charge in [0.1, 0.15) is 12.4 Å². The monoisotopic (exact) mass is 443 g/mol. The number of carbonyl (C=O) groups excluding carboxylic acids is 1. The molecule has 0 saturated heterocycles. The minimum atomic E-state index is -0.875. The fraction of sp³-hybridized carbons (Fsp3) is 0.429. The van der Waals surface area contributed by atoms with Gasteiger partial charge in [0.05, 0.1) is 11.3 Å². The van der Waals surface area contributed by atoms with Crippen LogP contribution in [0.5, 0.6) is 0 Å². The van der Waals surface area contributed by atoms with Gasteiger partial charge < -0.3 is 9.94 Å². The minimum absolute atomic E-state index is 0.00739. The van der Waals surface area contributed by atoms with Crippen LogP contribution in [0.3, 0.4) is 0 Å². The molecule has 29 heavy (non-hydrogen) atoms. The van der Waals surface area contributed by atoms with Gasteiger partial charge in [-0.05, 0) is 48.8 Å². The van der Waals surface area contributed by atoms with E-state index in [0.717, 1.165) is 18.6 Å². The van der Waals surface area contributed by atoms with Crippen LogP contribution >= 0.6 is 23.4 Å². The standard InChI is InChI=1S/C21H24ClF2NO3S/c1-2-4-18(25-28-9-3-8-22)21-19(26)11-14(12-20(21)27)7-10-29-15-5-6-16(23)17(24)13-15/h3,5-6,8,13-14,26H,2,4,7,9-12H2,1H3/b8-3+,25-18+. The van der Waals surface area contributed by atoms with E-state index in [0.29, 0.717) is 42.0 Å². The highest BCUT2D eigenvalue weighted by Gasteiger charge is 2.30. The summed E-state index contributed by atoms with van der Waals surface area (Å²) in [6, 6.07) is 3.79. The van der Waals surface area contributed by atoms with Crippen molar-refractivity contribution >= 4 is 34.9 Å². The quantitative estimate of drug-likeness (QED) is 0.203. The molecule has 1 unspecified atom stereocenters. The van der Waals surface area contributed by atoms with Crippen molar-refractivity contribution in [3.05, 3.63) is 52.8 Å². The Kier molecular flexibility index (Phi) is 9.67. The number of aliphatic hydroxyl groups excluding tert-OH is 1. The van der Waals surface area contributed by atoms with Crippen LogP contribution in [0.2, 0.25) is 0 Å². The number of halogens is 3. The van der Waals surface area contributed by atoms with Crippen molar-refractivity contribution in [2.75, 3.05) is 12.4 Å². The lowest BCUT2D eigenvalue weighted by Crippen LogP contribution is -2.25. The van der Waals surface area contributed by atoms with Crippen molar-refractivity contribution in [1.82, 2.24) is 0 Å². The molecule has 1 aromatic carbocycles. The van der Waals surface area contributed by atoms with E-state index < -0.39 is 11.6 Å². The molecule has 0 spiro atoms. The third-order valence-corrected chi connectivity index (χ3v) is 5.62. The summed E-state index contributed by atoms with van der Waals surface area (Å²) in [5.74, 6) is -1.24. The van der Waals surface area contributed by atoms with Gasteiger partial charge in [0, 0.05) is 23.3 Å². The summed E-state index contributed by atoms with van der Waals surface area (Å²) in [7, 11) is 0. The first-order chi connectivity index (χ1) is 14.0. The molecule has 0 saturated carbocycles. The molecule has 0 fully saturated rings. The van der Waals surface area contributed by atoms with Crippen LogP contribution in [-0.4, -0.2) is 29.0 Å². The third-order valence-electron chi connectivity index (χ3n) is 4.42. The number of hydrogen-bond donors (Lipinski definition) is 1. The smallest absolute Gasteiger partial charge is 0.168 e. The van der Waals surface area contributed by atoms with Crippen LogP contribution in [0.4, 0.5) is 8.78 Å². The largest absolute Gasteiger partial charge is 0.511 e. The Labute approximate surface area is 178 Å². The lowest BCUT2D eigenvalue weighted by atomic mass is 9.83. The zero-order chi connectivity index (χ0) is 21.2. The zero-order valence-corrected chi connectivity index (χ0v) is 17.7. The molecular weight excluding hydrogens is 420 g/mol. The molecule has 1 aliphatic carbocycles. The second kappa shape index (κ2) is 12.0. The van der Waals surface area contributed by atoms with Gasteiger partial charge in [-0.25, -0.2) is 8.78 Å². The maximum absolute atomic E-state index is 13.3. The van der Waals surface area contributed by atoms with Crippen molar-refractivity contribution < 1.29 is 23.5 Å². The summed E-state index contributed by atoms with van der Waals surface area (Å²) in [5.41, 5.74) is 2.03. The Morgan fingerprint density at radius 2 is 2.17 bits per heavy atom. The van der Waals surface area contributed by atoms with Crippen molar-refractivity contribution in [3.8, 4) is 0 Å². The molecule has 0 radical (unpaired) electrons. The minimum Gasteiger partial charge on any atom is -0.511 e.